The molecular weight excluding hydrogens is 244 g/mol. The zero-order valence-corrected chi connectivity index (χ0v) is 11.2. The molecule has 0 aliphatic carbocycles. The molecule has 2 nitrogen and oxygen atoms in total. The SMILES string of the molecule is COc1cc(C=O)cc(Sc2ccc(C)cc2)c1. The van der Waals surface area contributed by atoms with E-state index in [1.807, 2.05) is 12.1 Å². The first-order valence-electron chi connectivity index (χ1n) is 5.60. The third-order valence-corrected chi connectivity index (χ3v) is 3.51. The number of methoxy groups -OCH3 is 1. The van der Waals surface area contributed by atoms with Gasteiger partial charge in [0.2, 0.25) is 0 Å². The van der Waals surface area contributed by atoms with Gasteiger partial charge in [0, 0.05) is 15.4 Å². The van der Waals surface area contributed by atoms with Gasteiger partial charge in [0.05, 0.1) is 7.11 Å². The molecule has 2 aromatic carbocycles. The lowest BCUT2D eigenvalue weighted by molar-refractivity contribution is 0.112. The number of benzene rings is 2. The summed E-state index contributed by atoms with van der Waals surface area (Å²) in [7, 11) is 1.60. The van der Waals surface area contributed by atoms with Crippen molar-refractivity contribution in [2.24, 2.45) is 0 Å². The van der Waals surface area contributed by atoms with Crippen LogP contribution in [0.2, 0.25) is 0 Å². The zero-order chi connectivity index (χ0) is 13.0. The molecule has 18 heavy (non-hydrogen) atoms. The maximum atomic E-state index is 10.9. The fraction of sp³-hybridized carbons (Fsp3) is 0.133. The molecule has 0 N–H and O–H groups in total. The Bertz CT molecular complexity index is 547. The van der Waals surface area contributed by atoms with E-state index in [2.05, 4.69) is 31.2 Å². The van der Waals surface area contributed by atoms with Crippen LogP contribution in [0.3, 0.4) is 0 Å². The molecule has 0 aromatic heterocycles. The lowest BCUT2D eigenvalue weighted by atomic mass is 10.2. The van der Waals surface area contributed by atoms with E-state index < -0.39 is 0 Å². The van der Waals surface area contributed by atoms with Crippen LogP contribution in [0.5, 0.6) is 5.75 Å². The van der Waals surface area contributed by atoms with E-state index in [-0.39, 0.29) is 0 Å². The van der Waals surface area contributed by atoms with Gasteiger partial charge >= 0.3 is 0 Å². The predicted octanol–water partition coefficient (Wildman–Crippen LogP) is 3.97. The van der Waals surface area contributed by atoms with Crippen LogP contribution in [0.15, 0.2) is 52.3 Å². The molecule has 0 atom stereocenters. The number of rotatable bonds is 4. The fourth-order valence-corrected chi connectivity index (χ4v) is 2.50. The molecule has 0 saturated heterocycles. The van der Waals surface area contributed by atoms with Crippen LogP contribution in [0.1, 0.15) is 15.9 Å². The van der Waals surface area contributed by atoms with Crippen molar-refractivity contribution in [1.29, 1.82) is 0 Å². The average Bonchev–Trinajstić information content (AvgIpc) is 2.41. The van der Waals surface area contributed by atoms with Crippen LogP contribution < -0.4 is 4.74 Å². The lowest BCUT2D eigenvalue weighted by Crippen LogP contribution is -1.87. The molecule has 0 unspecified atom stereocenters. The fourth-order valence-electron chi connectivity index (χ4n) is 1.58. The Kier molecular flexibility index (Phi) is 4.05. The average molecular weight is 258 g/mol. The van der Waals surface area contributed by atoms with Gasteiger partial charge in [-0.2, -0.15) is 0 Å². The van der Waals surface area contributed by atoms with Gasteiger partial charge in [0.1, 0.15) is 12.0 Å². The first-order chi connectivity index (χ1) is 8.71. The van der Waals surface area contributed by atoms with Crippen LogP contribution in [0.25, 0.3) is 0 Å². The monoisotopic (exact) mass is 258 g/mol. The summed E-state index contributed by atoms with van der Waals surface area (Å²) in [6, 6.07) is 13.8. The summed E-state index contributed by atoms with van der Waals surface area (Å²) in [5.74, 6) is 0.703. The molecule has 0 bridgehead atoms. The van der Waals surface area contributed by atoms with E-state index >= 15 is 0 Å². The largest absolute Gasteiger partial charge is 0.497 e. The van der Waals surface area contributed by atoms with Gasteiger partial charge in [0.25, 0.3) is 0 Å². The molecule has 3 heteroatoms. The third kappa shape index (κ3) is 3.14. The zero-order valence-electron chi connectivity index (χ0n) is 10.3. The van der Waals surface area contributed by atoms with Crippen molar-refractivity contribution < 1.29 is 9.53 Å². The summed E-state index contributed by atoms with van der Waals surface area (Å²) >= 11 is 1.62. The Morgan fingerprint density at radius 1 is 1.06 bits per heavy atom. The predicted molar refractivity (Wildman–Crippen MR) is 73.7 cm³/mol. The minimum Gasteiger partial charge on any atom is -0.497 e. The normalized spacial score (nSPS) is 10.1. The molecule has 0 saturated carbocycles. The van der Waals surface area contributed by atoms with E-state index in [1.54, 1.807) is 24.9 Å². The van der Waals surface area contributed by atoms with Gasteiger partial charge in [-0.15, -0.1) is 0 Å². The Hall–Kier alpha value is -1.74. The molecule has 0 aliphatic rings. The first kappa shape index (κ1) is 12.7. The van der Waals surface area contributed by atoms with E-state index in [0.717, 1.165) is 16.1 Å². The van der Waals surface area contributed by atoms with Gasteiger partial charge in [-0.3, -0.25) is 4.79 Å². The van der Waals surface area contributed by atoms with Gasteiger partial charge in [-0.25, -0.2) is 0 Å². The summed E-state index contributed by atoms with van der Waals surface area (Å²) in [5.41, 5.74) is 1.86. The quantitative estimate of drug-likeness (QED) is 0.776. The summed E-state index contributed by atoms with van der Waals surface area (Å²) < 4.78 is 5.18. The summed E-state index contributed by atoms with van der Waals surface area (Å²) in [4.78, 5) is 13.0. The maximum Gasteiger partial charge on any atom is 0.150 e. The minimum atomic E-state index is 0.629. The molecule has 0 aliphatic heterocycles. The van der Waals surface area contributed by atoms with Crippen LogP contribution >= 0.6 is 11.8 Å². The second-order valence-electron chi connectivity index (χ2n) is 3.97. The second kappa shape index (κ2) is 5.74. The highest BCUT2D eigenvalue weighted by molar-refractivity contribution is 7.99. The van der Waals surface area contributed by atoms with Crippen LogP contribution in [0, 0.1) is 6.92 Å². The Balaban J connectivity index is 2.27. The number of aldehydes is 1. The van der Waals surface area contributed by atoms with E-state index in [9.17, 15) is 4.79 Å². The Morgan fingerprint density at radius 2 is 1.78 bits per heavy atom. The second-order valence-corrected chi connectivity index (χ2v) is 5.12. The first-order valence-corrected chi connectivity index (χ1v) is 6.41. The van der Waals surface area contributed by atoms with Crippen molar-refractivity contribution in [1.82, 2.24) is 0 Å². The molecular formula is C15H14O2S. The number of carbonyl (C=O) groups is 1. The van der Waals surface area contributed by atoms with Crippen molar-refractivity contribution in [3.8, 4) is 5.75 Å². The highest BCUT2D eigenvalue weighted by atomic mass is 32.2. The summed E-state index contributed by atoms with van der Waals surface area (Å²) in [6.45, 7) is 2.06. The number of ether oxygens (including phenoxy) is 1. The van der Waals surface area contributed by atoms with Gasteiger partial charge in [-0.05, 0) is 37.3 Å². The van der Waals surface area contributed by atoms with Crippen LogP contribution in [-0.2, 0) is 0 Å². The standard InChI is InChI=1S/C15H14O2S/c1-11-3-5-14(6-4-11)18-15-8-12(10-16)7-13(9-15)17-2/h3-10H,1-2H3. The van der Waals surface area contributed by atoms with Crippen molar-refractivity contribution in [3.05, 3.63) is 53.6 Å². The third-order valence-electron chi connectivity index (χ3n) is 2.53. The molecule has 92 valence electrons. The van der Waals surface area contributed by atoms with E-state index in [0.29, 0.717) is 11.3 Å². The molecule has 0 heterocycles. The highest BCUT2D eigenvalue weighted by Crippen LogP contribution is 2.31. The summed E-state index contributed by atoms with van der Waals surface area (Å²) in [6.07, 6.45) is 0.835. The van der Waals surface area contributed by atoms with Crippen molar-refractivity contribution >= 4 is 18.0 Å². The Labute approximate surface area is 111 Å². The van der Waals surface area contributed by atoms with Gasteiger partial charge in [0.15, 0.2) is 0 Å². The molecule has 0 fully saturated rings. The Morgan fingerprint density at radius 3 is 2.39 bits per heavy atom. The minimum absolute atomic E-state index is 0.629. The molecule has 2 aromatic rings. The van der Waals surface area contributed by atoms with Crippen molar-refractivity contribution in [2.75, 3.05) is 7.11 Å². The van der Waals surface area contributed by atoms with Crippen molar-refractivity contribution in [3.63, 3.8) is 0 Å². The maximum absolute atomic E-state index is 10.9. The van der Waals surface area contributed by atoms with Crippen LogP contribution in [-0.4, -0.2) is 13.4 Å². The smallest absolute Gasteiger partial charge is 0.150 e. The van der Waals surface area contributed by atoms with E-state index in [4.69, 9.17) is 4.74 Å². The van der Waals surface area contributed by atoms with Crippen LogP contribution in [0.4, 0.5) is 0 Å². The van der Waals surface area contributed by atoms with Gasteiger partial charge in [-0.1, -0.05) is 29.5 Å². The number of aryl methyl sites for hydroxylation is 1. The topological polar surface area (TPSA) is 26.3 Å². The number of hydrogen-bond acceptors (Lipinski definition) is 3. The van der Waals surface area contributed by atoms with E-state index in [1.165, 1.54) is 5.56 Å². The highest BCUT2D eigenvalue weighted by Gasteiger charge is 2.03. The molecule has 0 amide bonds. The molecule has 2 rings (SSSR count). The van der Waals surface area contributed by atoms with Gasteiger partial charge < -0.3 is 4.74 Å². The van der Waals surface area contributed by atoms with Crippen molar-refractivity contribution in [2.45, 2.75) is 16.7 Å². The number of hydrogen-bond donors (Lipinski definition) is 0. The summed E-state index contributed by atoms with van der Waals surface area (Å²) in [5, 5.41) is 0. The molecule has 0 spiro atoms. The number of carbonyl (C=O) groups excluding carboxylic acids is 1. The molecule has 0 radical (unpaired) electrons. The lowest BCUT2D eigenvalue weighted by Gasteiger charge is -2.06.